The molecule has 0 amide bonds. The lowest BCUT2D eigenvalue weighted by atomic mass is 9.75. The van der Waals surface area contributed by atoms with Crippen LogP contribution in [0.5, 0.6) is 0 Å². The minimum absolute atomic E-state index is 0.122. The van der Waals surface area contributed by atoms with Crippen LogP contribution in [0.4, 0.5) is 10.2 Å². The third-order valence-electron chi connectivity index (χ3n) is 5.34. The summed E-state index contributed by atoms with van der Waals surface area (Å²) < 4.78 is 26.1. The molecular formula is C18H26FN3O4S. The number of hydrogen-bond acceptors (Lipinski definition) is 7. The summed E-state index contributed by atoms with van der Waals surface area (Å²) in [6.45, 7) is 6.46. The molecule has 150 valence electrons. The fourth-order valence-electron chi connectivity index (χ4n) is 3.78. The zero-order chi connectivity index (χ0) is 19.7. The van der Waals surface area contributed by atoms with Crippen LogP contribution in [0.15, 0.2) is 11.0 Å². The van der Waals surface area contributed by atoms with Gasteiger partial charge in [0.25, 0.3) is 0 Å². The van der Waals surface area contributed by atoms with Gasteiger partial charge in [0.15, 0.2) is 11.6 Å². The molecule has 7 nitrogen and oxygen atoms in total. The summed E-state index contributed by atoms with van der Waals surface area (Å²) >= 11 is 1.23. The van der Waals surface area contributed by atoms with Gasteiger partial charge in [-0.3, -0.25) is 4.57 Å². The smallest absolute Gasteiger partial charge is 0.351 e. The molecule has 1 aliphatic carbocycles. The van der Waals surface area contributed by atoms with Crippen LogP contribution in [-0.2, 0) is 14.3 Å². The first-order valence-corrected chi connectivity index (χ1v) is 10.3. The minimum Gasteiger partial charge on any atom is -0.459 e. The summed E-state index contributed by atoms with van der Waals surface area (Å²) in [5.41, 5.74) is 3.74. The molecule has 2 fully saturated rings. The fraction of sp³-hybridized carbons (Fsp3) is 0.722. The number of aromatic nitrogens is 2. The summed E-state index contributed by atoms with van der Waals surface area (Å²) in [5.74, 6) is -0.0872. The van der Waals surface area contributed by atoms with E-state index in [1.54, 1.807) is 0 Å². The molecule has 0 unspecified atom stereocenters. The van der Waals surface area contributed by atoms with E-state index in [0.29, 0.717) is 23.5 Å². The molecule has 1 aliphatic heterocycles. The van der Waals surface area contributed by atoms with Crippen LogP contribution in [0.1, 0.15) is 46.3 Å². The van der Waals surface area contributed by atoms with Gasteiger partial charge in [-0.2, -0.15) is 4.98 Å². The number of nitrogen functional groups attached to an aromatic ring is 1. The summed E-state index contributed by atoms with van der Waals surface area (Å²) in [5, 5.41) is 0. The van der Waals surface area contributed by atoms with Crippen LogP contribution >= 0.6 is 11.8 Å². The SMILES string of the molecule is CC(C)[C@H]1CC[C@@H](C)C[C@H]1OC(=O)[C@H]1O[C@@H](n2cc(F)c(N)nc2=O)CS1. The van der Waals surface area contributed by atoms with Crippen molar-refractivity contribution in [2.24, 2.45) is 17.8 Å². The summed E-state index contributed by atoms with van der Waals surface area (Å²) in [4.78, 5) is 28.0. The van der Waals surface area contributed by atoms with E-state index in [0.717, 1.165) is 30.0 Å². The maximum Gasteiger partial charge on any atom is 0.351 e. The maximum absolute atomic E-state index is 13.6. The van der Waals surface area contributed by atoms with E-state index in [1.807, 2.05) is 0 Å². The Morgan fingerprint density at radius 1 is 1.48 bits per heavy atom. The second kappa shape index (κ2) is 8.18. The van der Waals surface area contributed by atoms with E-state index in [1.165, 1.54) is 11.8 Å². The standard InChI is InChI=1S/C18H26FN3O4S/c1-9(2)11-5-4-10(3)6-13(11)25-16(23)17-26-14(8-27-17)22-7-12(19)15(20)21-18(22)24/h7,9-11,13-14,17H,4-6,8H2,1-3H3,(H2,20,21,24)/t10-,11-,13-,14-,17+/m1/s1. The van der Waals surface area contributed by atoms with E-state index < -0.39 is 35.0 Å². The van der Waals surface area contributed by atoms with Gasteiger partial charge in [0, 0.05) is 5.75 Å². The van der Waals surface area contributed by atoms with Crippen molar-refractivity contribution < 1.29 is 18.7 Å². The van der Waals surface area contributed by atoms with Crippen molar-refractivity contribution in [3.8, 4) is 0 Å². The molecule has 1 saturated heterocycles. The lowest BCUT2D eigenvalue weighted by Crippen LogP contribution is -2.38. The van der Waals surface area contributed by atoms with Crippen LogP contribution in [0, 0.1) is 23.6 Å². The number of nitrogens with two attached hydrogens (primary N) is 1. The van der Waals surface area contributed by atoms with Gasteiger partial charge >= 0.3 is 11.7 Å². The summed E-state index contributed by atoms with van der Waals surface area (Å²) in [6, 6.07) is 0. The summed E-state index contributed by atoms with van der Waals surface area (Å²) in [6.07, 6.45) is 3.09. The normalized spacial score (nSPS) is 31.2. The molecule has 5 atom stereocenters. The second-order valence-corrected chi connectivity index (χ2v) is 8.82. The lowest BCUT2D eigenvalue weighted by Gasteiger charge is -2.37. The first-order chi connectivity index (χ1) is 12.8. The quantitative estimate of drug-likeness (QED) is 0.777. The molecule has 2 N–H and O–H groups in total. The predicted molar refractivity (Wildman–Crippen MR) is 100 cm³/mol. The maximum atomic E-state index is 13.6. The van der Waals surface area contributed by atoms with Crippen molar-refractivity contribution in [2.75, 3.05) is 11.5 Å². The topological polar surface area (TPSA) is 96.4 Å². The first kappa shape index (κ1) is 20.1. The number of anilines is 1. The Kier molecular flexibility index (Phi) is 6.10. The van der Waals surface area contributed by atoms with E-state index in [2.05, 4.69) is 25.8 Å². The largest absolute Gasteiger partial charge is 0.459 e. The van der Waals surface area contributed by atoms with E-state index >= 15 is 0 Å². The summed E-state index contributed by atoms with van der Waals surface area (Å²) in [7, 11) is 0. The van der Waals surface area contributed by atoms with Gasteiger partial charge in [-0.25, -0.2) is 14.0 Å². The molecule has 9 heteroatoms. The zero-order valence-corrected chi connectivity index (χ0v) is 16.6. The molecule has 0 bridgehead atoms. The van der Waals surface area contributed by atoms with Gasteiger partial charge in [0.05, 0.1) is 6.20 Å². The number of thioether (sulfide) groups is 1. The number of esters is 1. The Morgan fingerprint density at radius 3 is 2.93 bits per heavy atom. The highest BCUT2D eigenvalue weighted by Crippen LogP contribution is 2.37. The van der Waals surface area contributed by atoms with Crippen molar-refractivity contribution in [3.05, 3.63) is 22.5 Å². The molecule has 2 aliphatic rings. The third-order valence-corrected chi connectivity index (χ3v) is 6.42. The molecule has 1 saturated carbocycles. The van der Waals surface area contributed by atoms with Gasteiger partial charge < -0.3 is 15.2 Å². The number of ether oxygens (including phenoxy) is 2. The predicted octanol–water partition coefficient (Wildman–Crippen LogP) is 2.56. The molecule has 2 heterocycles. The Balaban J connectivity index is 1.65. The highest BCUT2D eigenvalue weighted by atomic mass is 32.2. The van der Waals surface area contributed by atoms with Crippen LogP contribution < -0.4 is 11.4 Å². The van der Waals surface area contributed by atoms with Crippen molar-refractivity contribution >= 4 is 23.5 Å². The zero-order valence-electron chi connectivity index (χ0n) is 15.8. The molecule has 27 heavy (non-hydrogen) atoms. The Bertz CT molecular complexity index is 757. The van der Waals surface area contributed by atoms with Crippen LogP contribution in [0.25, 0.3) is 0 Å². The number of hydrogen-bond donors (Lipinski definition) is 1. The van der Waals surface area contributed by atoms with Crippen LogP contribution in [0.3, 0.4) is 0 Å². The van der Waals surface area contributed by atoms with E-state index in [-0.39, 0.29) is 6.10 Å². The second-order valence-electron chi connectivity index (χ2n) is 7.72. The van der Waals surface area contributed by atoms with Gasteiger partial charge in [-0.15, -0.1) is 11.8 Å². The highest BCUT2D eigenvalue weighted by molar-refractivity contribution is 8.00. The van der Waals surface area contributed by atoms with Crippen LogP contribution in [0.2, 0.25) is 0 Å². The van der Waals surface area contributed by atoms with Crippen molar-refractivity contribution in [3.63, 3.8) is 0 Å². The molecular weight excluding hydrogens is 373 g/mol. The van der Waals surface area contributed by atoms with E-state index in [9.17, 15) is 14.0 Å². The van der Waals surface area contributed by atoms with Gasteiger partial charge in [-0.1, -0.05) is 27.2 Å². The van der Waals surface area contributed by atoms with Gasteiger partial charge in [0.2, 0.25) is 5.44 Å². The monoisotopic (exact) mass is 399 g/mol. The average Bonchev–Trinajstić information content (AvgIpc) is 3.08. The number of rotatable bonds is 4. The first-order valence-electron chi connectivity index (χ1n) is 9.28. The number of carbonyl (C=O) groups is 1. The van der Waals surface area contributed by atoms with Gasteiger partial charge in [-0.05, 0) is 30.6 Å². The number of carbonyl (C=O) groups excluding carboxylic acids is 1. The van der Waals surface area contributed by atoms with Crippen LogP contribution in [-0.4, -0.2) is 32.8 Å². The van der Waals surface area contributed by atoms with Crippen molar-refractivity contribution in [2.45, 2.75) is 57.8 Å². The Hall–Kier alpha value is -1.61. The third kappa shape index (κ3) is 4.45. The Morgan fingerprint density at radius 2 is 2.22 bits per heavy atom. The lowest BCUT2D eigenvalue weighted by molar-refractivity contribution is -0.166. The highest BCUT2D eigenvalue weighted by Gasteiger charge is 2.39. The van der Waals surface area contributed by atoms with Crippen molar-refractivity contribution in [1.29, 1.82) is 0 Å². The van der Waals surface area contributed by atoms with Gasteiger partial charge in [0.1, 0.15) is 12.3 Å². The number of halogens is 1. The molecule has 0 spiro atoms. The number of nitrogens with zero attached hydrogens (tertiary/aromatic N) is 2. The Labute approximate surface area is 161 Å². The van der Waals surface area contributed by atoms with E-state index in [4.69, 9.17) is 15.2 Å². The molecule has 0 radical (unpaired) electrons. The van der Waals surface area contributed by atoms with Crippen molar-refractivity contribution in [1.82, 2.24) is 9.55 Å². The fourth-order valence-corrected chi connectivity index (χ4v) is 4.76. The molecule has 1 aromatic rings. The minimum atomic E-state index is -0.840. The molecule has 1 aromatic heterocycles. The average molecular weight is 399 g/mol. The molecule has 3 rings (SSSR count). The molecule has 0 aromatic carbocycles.